The molecule has 0 aromatic carbocycles. The van der Waals surface area contributed by atoms with E-state index in [0.717, 1.165) is 20.8 Å². The molecule has 14 nitrogen and oxygen atoms in total. The van der Waals surface area contributed by atoms with E-state index in [4.69, 9.17) is 46.9 Å². The van der Waals surface area contributed by atoms with E-state index < -0.39 is 64.9 Å². The molecule has 0 unspecified atom stereocenters. The van der Waals surface area contributed by atoms with Crippen molar-refractivity contribution in [3.8, 4) is 0 Å². The van der Waals surface area contributed by atoms with Crippen LogP contribution in [0.25, 0.3) is 0 Å². The number of carbonyl (C=O) groups is 4. The van der Waals surface area contributed by atoms with Crippen molar-refractivity contribution < 1.29 is 60.4 Å². The summed E-state index contributed by atoms with van der Waals surface area (Å²) in [5, 5.41) is 0. The summed E-state index contributed by atoms with van der Waals surface area (Å²) in [4.78, 5) is 44.9. The van der Waals surface area contributed by atoms with Gasteiger partial charge in [-0.3, -0.25) is 28.3 Å². The molecule has 0 spiro atoms. The maximum Gasteiger partial charge on any atom is 0.394 e. The van der Waals surface area contributed by atoms with Crippen LogP contribution in [0.4, 0.5) is 0 Å². The normalized spacial score (nSPS) is 26.2. The van der Waals surface area contributed by atoms with Crippen LogP contribution in [0.15, 0.2) is 0 Å². The van der Waals surface area contributed by atoms with Crippen LogP contribution in [0.1, 0.15) is 27.7 Å². The number of rotatable bonds is 5. The van der Waals surface area contributed by atoms with Gasteiger partial charge in [-0.2, -0.15) is 8.42 Å². The van der Waals surface area contributed by atoms with Gasteiger partial charge in [-0.25, -0.2) is 0 Å². The van der Waals surface area contributed by atoms with Crippen molar-refractivity contribution in [1.29, 1.82) is 0 Å². The molecular weight excluding hydrogens is 422 g/mol. The minimum Gasteiger partial charge on any atom is -0.463 e. The van der Waals surface area contributed by atoms with E-state index >= 15 is 0 Å². The number of hydrogen-bond donors (Lipinski definition) is 3. The van der Waals surface area contributed by atoms with E-state index in [1.807, 2.05) is 0 Å². The minimum absolute atomic E-state index is 0.310. The maximum atomic E-state index is 11.3. The number of hydrogen-bond acceptors (Lipinski definition) is 12. The van der Waals surface area contributed by atoms with Gasteiger partial charge in [0.05, 0.1) is 0 Å². The Balaban J connectivity index is 0.00000139. The zero-order valence-electron chi connectivity index (χ0n) is 16.0. The summed E-state index contributed by atoms with van der Waals surface area (Å²) >= 11 is 0. The molecule has 4 N–H and O–H groups in total. The van der Waals surface area contributed by atoms with Gasteiger partial charge in [0.25, 0.3) is 0 Å². The molecule has 1 fully saturated rings. The fraction of sp³-hybridized carbons (Fsp3) is 0.714. The molecule has 15 heteroatoms. The van der Waals surface area contributed by atoms with Gasteiger partial charge in [0.1, 0.15) is 18.8 Å². The van der Waals surface area contributed by atoms with Crippen LogP contribution in [0.5, 0.6) is 0 Å². The first kappa shape index (κ1) is 26.7. The molecule has 0 saturated carbocycles. The predicted molar refractivity (Wildman–Crippen MR) is 90.3 cm³/mol. The van der Waals surface area contributed by atoms with Crippen molar-refractivity contribution in [3.05, 3.63) is 0 Å². The zero-order valence-corrected chi connectivity index (χ0v) is 16.8. The molecule has 168 valence electrons. The van der Waals surface area contributed by atoms with Crippen molar-refractivity contribution in [3.63, 3.8) is 0 Å². The highest BCUT2D eigenvalue weighted by Gasteiger charge is 2.50. The number of carbonyl (C=O) groups excluding carboxylic acids is 4. The third kappa shape index (κ3) is 12.0. The average Bonchev–Trinajstić information content (AvgIpc) is 2.49. The molecule has 1 saturated heterocycles. The Morgan fingerprint density at radius 2 is 1.28 bits per heavy atom. The fourth-order valence-electron chi connectivity index (χ4n) is 2.20. The first-order chi connectivity index (χ1) is 13.1. The lowest BCUT2D eigenvalue weighted by Crippen LogP contribution is -2.65. The topological polar surface area (TPSA) is 215 Å². The lowest BCUT2D eigenvalue weighted by atomic mass is 9.97. The third-order valence-corrected chi connectivity index (χ3v) is 3.03. The number of nitrogens with two attached hydrogens (primary N) is 1. The molecule has 1 aliphatic heterocycles. The van der Waals surface area contributed by atoms with Gasteiger partial charge in [0.15, 0.2) is 12.2 Å². The van der Waals surface area contributed by atoms with Crippen LogP contribution in [0, 0.1) is 0 Å². The van der Waals surface area contributed by atoms with E-state index in [1.165, 1.54) is 6.92 Å². The Hall–Kier alpha value is -2.33. The molecule has 0 aromatic rings. The van der Waals surface area contributed by atoms with Crippen molar-refractivity contribution in [2.24, 2.45) is 5.73 Å². The molecule has 0 aromatic heterocycles. The summed E-state index contributed by atoms with van der Waals surface area (Å²) in [5.41, 5.74) is 5.93. The van der Waals surface area contributed by atoms with Gasteiger partial charge in [0, 0.05) is 27.7 Å². The molecule has 0 aliphatic carbocycles. The SMILES string of the molecule is CC(=O)OC[C@H]1O[C@H](OC(C)=O)[C@H](N)[C@@H](OC(C)=O)[C@@H]1OC(C)=O.O=S(=O)(O)O. The second-order valence-corrected chi connectivity index (χ2v) is 6.52. The minimum atomic E-state index is -4.67. The molecule has 29 heavy (non-hydrogen) atoms. The van der Waals surface area contributed by atoms with Crippen molar-refractivity contribution in [1.82, 2.24) is 0 Å². The van der Waals surface area contributed by atoms with E-state index in [0.29, 0.717) is 0 Å². The molecule has 1 rings (SSSR count). The molecule has 1 aliphatic rings. The smallest absolute Gasteiger partial charge is 0.394 e. The van der Waals surface area contributed by atoms with Crippen LogP contribution in [-0.4, -0.2) is 78.7 Å². The summed E-state index contributed by atoms with van der Waals surface area (Å²) in [7, 11) is -4.67. The molecule has 1 heterocycles. The Labute approximate surface area is 166 Å². The van der Waals surface area contributed by atoms with Gasteiger partial charge < -0.3 is 29.4 Å². The van der Waals surface area contributed by atoms with E-state index in [2.05, 4.69) is 0 Å². The largest absolute Gasteiger partial charge is 0.463 e. The highest BCUT2D eigenvalue weighted by molar-refractivity contribution is 7.79. The van der Waals surface area contributed by atoms with Crippen LogP contribution >= 0.6 is 0 Å². The average molecular weight is 445 g/mol. The standard InChI is InChI=1S/C14H21NO9.H2O4S/c1-6(16)20-5-10-12(21-7(2)17)13(22-8(3)18)11(15)14(24-10)23-9(4)19;1-5(2,3)4/h10-14H,5,15H2,1-4H3;(H2,1,2,3,4)/t10-,11-,12-,13-,14+;/m1./s1. The summed E-state index contributed by atoms with van der Waals surface area (Å²) in [5.74, 6) is -2.62. The predicted octanol–water partition coefficient (Wildman–Crippen LogP) is -1.62. The monoisotopic (exact) mass is 445 g/mol. The highest BCUT2D eigenvalue weighted by Crippen LogP contribution is 2.26. The third-order valence-electron chi connectivity index (χ3n) is 3.03. The Morgan fingerprint density at radius 3 is 1.66 bits per heavy atom. The molecule has 0 amide bonds. The second-order valence-electron chi connectivity index (χ2n) is 5.63. The summed E-state index contributed by atoms with van der Waals surface area (Å²) in [6, 6.07) is -1.10. The van der Waals surface area contributed by atoms with Gasteiger partial charge in [-0.05, 0) is 0 Å². The van der Waals surface area contributed by atoms with Gasteiger partial charge in [0.2, 0.25) is 6.29 Å². The lowest BCUT2D eigenvalue weighted by Gasteiger charge is -2.42. The molecule has 0 bridgehead atoms. The number of ether oxygens (including phenoxy) is 5. The van der Waals surface area contributed by atoms with E-state index in [1.54, 1.807) is 0 Å². The first-order valence-corrected chi connectivity index (χ1v) is 9.27. The van der Waals surface area contributed by atoms with E-state index in [-0.39, 0.29) is 6.61 Å². The molecule has 0 radical (unpaired) electrons. The van der Waals surface area contributed by atoms with Crippen molar-refractivity contribution in [2.45, 2.75) is 58.3 Å². The van der Waals surface area contributed by atoms with Crippen LogP contribution in [-0.2, 0) is 53.3 Å². The van der Waals surface area contributed by atoms with E-state index in [9.17, 15) is 19.2 Å². The summed E-state index contributed by atoms with van der Waals surface area (Å²) < 4.78 is 57.1. The fourth-order valence-corrected chi connectivity index (χ4v) is 2.20. The lowest BCUT2D eigenvalue weighted by molar-refractivity contribution is -0.267. The summed E-state index contributed by atoms with van der Waals surface area (Å²) in [6.45, 7) is 4.32. The Morgan fingerprint density at radius 1 is 0.862 bits per heavy atom. The molecule has 5 atom stereocenters. The molecular formula is C14H23NO13S. The Kier molecular flexibility index (Phi) is 10.7. The van der Waals surface area contributed by atoms with Crippen molar-refractivity contribution in [2.75, 3.05) is 6.61 Å². The highest BCUT2D eigenvalue weighted by atomic mass is 32.3. The van der Waals surface area contributed by atoms with Gasteiger partial charge in [-0.15, -0.1) is 0 Å². The zero-order chi connectivity index (χ0) is 22.9. The van der Waals surface area contributed by atoms with Crippen molar-refractivity contribution >= 4 is 34.3 Å². The van der Waals surface area contributed by atoms with Gasteiger partial charge in [-0.1, -0.05) is 0 Å². The number of esters is 4. The Bertz CT molecular complexity index is 682. The summed E-state index contributed by atoms with van der Waals surface area (Å²) in [6.07, 6.45) is -4.58. The van der Waals surface area contributed by atoms with Crippen LogP contribution in [0.3, 0.4) is 0 Å². The van der Waals surface area contributed by atoms with Crippen LogP contribution < -0.4 is 5.73 Å². The maximum absolute atomic E-state index is 11.3. The second kappa shape index (κ2) is 11.6. The van der Waals surface area contributed by atoms with Crippen LogP contribution in [0.2, 0.25) is 0 Å². The quantitative estimate of drug-likeness (QED) is 0.246. The van der Waals surface area contributed by atoms with Gasteiger partial charge >= 0.3 is 34.3 Å². The first-order valence-electron chi connectivity index (χ1n) is 7.87.